The fourth-order valence-electron chi connectivity index (χ4n) is 3.58. The van der Waals surface area contributed by atoms with Crippen molar-refractivity contribution in [3.05, 3.63) is 29.8 Å². The predicted octanol–water partition coefficient (Wildman–Crippen LogP) is 3.18. The van der Waals surface area contributed by atoms with Crippen LogP contribution in [0.1, 0.15) is 44.6 Å². The maximum atomic E-state index is 12.4. The number of nitrogens with one attached hydrogen (secondary N) is 1. The fourth-order valence-corrected chi connectivity index (χ4v) is 3.58. The monoisotopic (exact) mass is 352 g/mol. The van der Waals surface area contributed by atoms with Gasteiger partial charge in [0, 0.05) is 32.1 Å². The Morgan fingerprint density at radius 3 is 2.88 bits per heavy atom. The minimum atomic E-state index is 0. The van der Waals surface area contributed by atoms with Crippen LogP contribution < -0.4 is 10.1 Å². The largest absolute Gasteiger partial charge is 0.490 e. The Morgan fingerprint density at radius 2 is 2.12 bits per heavy atom. The SMILES string of the molecule is C[C@H]1CNCCN1C(=O)CCc1cccc(OC2CCCC2)c1.Cl. The first-order valence-corrected chi connectivity index (χ1v) is 8.98. The third kappa shape index (κ3) is 5.12. The summed E-state index contributed by atoms with van der Waals surface area (Å²) in [7, 11) is 0. The lowest BCUT2D eigenvalue weighted by Crippen LogP contribution is -2.52. The van der Waals surface area contributed by atoms with Crippen LogP contribution >= 0.6 is 12.4 Å². The number of rotatable bonds is 5. The molecule has 1 heterocycles. The number of carbonyl (C=O) groups is 1. The quantitative estimate of drug-likeness (QED) is 0.884. The molecule has 0 bridgehead atoms. The van der Waals surface area contributed by atoms with E-state index in [4.69, 9.17) is 4.74 Å². The van der Waals surface area contributed by atoms with E-state index < -0.39 is 0 Å². The highest BCUT2D eigenvalue weighted by Gasteiger charge is 2.22. The van der Waals surface area contributed by atoms with Crippen LogP contribution in [0.15, 0.2) is 24.3 Å². The molecule has 1 saturated heterocycles. The Bertz CT molecular complexity index is 532. The standard InChI is InChI=1S/C19H28N2O2.ClH/c1-15-14-20-11-12-21(15)19(22)10-9-16-5-4-8-18(13-16)23-17-6-2-3-7-17;/h4-5,8,13,15,17,20H,2-3,6-7,9-12,14H2,1H3;1H/t15-;/m0./s1. The van der Waals surface area contributed by atoms with E-state index in [0.717, 1.165) is 31.8 Å². The molecule has 0 aromatic heterocycles. The summed E-state index contributed by atoms with van der Waals surface area (Å²) in [6, 6.07) is 8.57. The molecular formula is C19H29ClN2O2. The number of ether oxygens (including phenoxy) is 1. The molecule has 1 aromatic rings. The smallest absolute Gasteiger partial charge is 0.223 e. The van der Waals surface area contributed by atoms with E-state index in [0.29, 0.717) is 18.6 Å². The van der Waals surface area contributed by atoms with Crippen LogP contribution in [0.5, 0.6) is 5.75 Å². The van der Waals surface area contributed by atoms with Crippen molar-refractivity contribution in [1.29, 1.82) is 0 Å². The zero-order valence-corrected chi connectivity index (χ0v) is 15.3. The van der Waals surface area contributed by atoms with Crippen molar-refractivity contribution in [2.45, 2.75) is 57.6 Å². The average molecular weight is 353 g/mol. The third-order valence-electron chi connectivity index (χ3n) is 4.95. The number of piperazine rings is 1. The summed E-state index contributed by atoms with van der Waals surface area (Å²) >= 11 is 0. The van der Waals surface area contributed by atoms with Crippen molar-refractivity contribution in [2.24, 2.45) is 0 Å². The van der Waals surface area contributed by atoms with Crippen molar-refractivity contribution in [2.75, 3.05) is 19.6 Å². The van der Waals surface area contributed by atoms with Crippen molar-refractivity contribution in [3.8, 4) is 5.75 Å². The number of halogens is 1. The van der Waals surface area contributed by atoms with Crippen LogP contribution in [0.4, 0.5) is 0 Å². The summed E-state index contributed by atoms with van der Waals surface area (Å²) in [5.41, 5.74) is 1.19. The third-order valence-corrected chi connectivity index (χ3v) is 4.95. The van der Waals surface area contributed by atoms with Gasteiger partial charge in [-0.3, -0.25) is 4.79 Å². The molecule has 4 nitrogen and oxygen atoms in total. The van der Waals surface area contributed by atoms with Crippen LogP contribution in [-0.4, -0.2) is 42.6 Å². The molecule has 1 N–H and O–H groups in total. The molecule has 0 radical (unpaired) electrons. The molecule has 1 aromatic carbocycles. The van der Waals surface area contributed by atoms with Crippen molar-refractivity contribution in [1.82, 2.24) is 10.2 Å². The first kappa shape index (κ1) is 19.1. The second kappa shape index (κ2) is 9.28. The van der Waals surface area contributed by atoms with Crippen LogP contribution in [-0.2, 0) is 11.2 Å². The predicted molar refractivity (Wildman–Crippen MR) is 98.9 cm³/mol. The van der Waals surface area contributed by atoms with Gasteiger partial charge in [0.05, 0.1) is 6.10 Å². The molecule has 1 amide bonds. The zero-order valence-electron chi connectivity index (χ0n) is 14.5. The summed E-state index contributed by atoms with van der Waals surface area (Å²) in [4.78, 5) is 14.4. The highest BCUT2D eigenvalue weighted by Crippen LogP contribution is 2.25. The first-order valence-electron chi connectivity index (χ1n) is 8.98. The van der Waals surface area contributed by atoms with Crippen LogP contribution in [0.3, 0.4) is 0 Å². The number of nitrogens with zero attached hydrogens (tertiary/aromatic N) is 1. The Morgan fingerprint density at radius 1 is 1.33 bits per heavy atom. The summed E-state index contributed by atoms with van der Waals surface area (Å²) in [5.74, 6) is 1.22. The Kier molecular flexibility index (Phi) is 7.38. The van der Waals surface area contributed by atoms with Gasteiger partial charge in [0.2, 0.25) is 5.91 Å². The van der Waals surface area contributed by atoms with E-state index in [1.54, 1.807) is 0 Å². The number of aryl methyl sites for hydroxylation is 1. The summed E-state index contributed by atoms with van der Waals surface area (Å²) in [5, 5.41) is 3.32. The minimum Gasteiger partial charge on any atom is -0.490 e. The maximum absolute atomic E-state index is 12.4. The lowest BCUT2D eigenvalue weighted by molar-refractivity contribution is -0.133. The van der Waals surface area contributed by atoms with Crippen molar-refractivity contribution >= 4 is 18.3 Å². The number of hydrogen-bond donors (Lipinski definition) is 1. The lowest BCUT2D eigenvalue weighted by atomic mass is 10.1. The topological polar surface area (TPSA) is 41.6 Å². The summed E-state index contributed by atoms with van der Waals surface area (Å²) in [6.45, 7) is 4.74. The molecule has 2 fully saturated rings. The lowest BCUT2D eigenvalue weighted by Gasteiger charge is -2.34. The van der Waals surface area contributed by atoms with Gasteiger partial charge in [-0.05, 0) is 56.7 Å². The van der Waals surface area contributed by atoms with Crippen molar-refractivity contribution in [3.63, 3.8) is 0 Å². The molecule has 1 atom stereocenters. The molecule has 2 aliphatic rings. The molecule has 24 heavy (non-hydrogen) atoms. The second-order valence-corrected chi connectivity index (χ2v) is 6.81. The van der Waals surface area contributed by atoms with E-state index in [1.165, 1.54) is 31.2 Å². The van der Waals surface area contributed by atoms with E-state index in [2.05, 4.69) is 24.4 Å². The molecule has 134 valence electrons. The molecular weight excluding hydrogens is 324 g/mol. The molecule has 1 saturated carbocycles. The van der Waals surface area contributed by atoms with Crippen LogP contribution in [0, 0.1) is 0 Å². The van der Waals surface area contributed by atoms with Gasteiger partial charge < -0.3 is 15.0 Å². The van der Waals surface area contributed by atoms with Gasteiger partial charge in [-0.1, -0.05) is 12.1 Å². The van der Waals surface area contributed by atoms with Gasteiger partial charge in [0.1, 0.15) is 5.75 Å². The van der Waals surface area contributed by atoms with Gasteiger partial charge in [-0.15, -0.1) is 12.4 Å². The molecule has 1 aliphatic carbocycles. The Labute approximate surface area is 151 Å². The Balaban J connectivity index is 0.00000208. The number of amides is 1. The van der Waals surface area contributed by atoms with E-state index in [-0.39, 0.29) is 18.3 Å². The van der Waals surface area contributed by atoms with E-state index in [9.17, 15) is 4.79 Å². The normalized spacial score (nSPS) is 21.4. The van der Waals surface area contributed by atoms with Gasteiger partial charge in [-0.25, -0.2) is 0 Å². The highest BCUT2D eigenvalue weighted by molar-refractivity contribution is 5.85. The van der Waals surface area contributed by atoms with Crippen LogP contribution in [0.2, 0.25) is 0 Å². The average Bonchev–Trinajstić information content (AvgIpc) is 3.06. The molecule has 0 spiro atoms. The summed E-state index contributed by atoms with van der Waals surface area (Å²) < 4.78 is 6.05. The molecule has 0 unspecified atom stereocenters. The maximum Gasteiger partial charge on any atom is 0.223 e. The summed E-state index contributed by atoms with van der Waals surface area (Å²) in [6.07, 6.45) is 6.65. The Hall–Kier alpha value is -1.26. The van der Waals surface area contributed by atoms with Gasteiger partial charge >= 0.3 is 0 Å². The molecule has 3 rings (SSSR count). The number of hydrogen-bond acceptors (Lipinski definition) is 3. The molecule has 5 heteroatoms. The zero-order chi connectivity index (χ0) is 16.1. The van der Waals surface area contributed by atoms with Gasteiger partial charge in [0.25, 0.3) is 0 Å². The van der Waals surface area contributed by atoms with Gasteiger partial charge in [0.15, 0.2) is 0 Å². The molecule has 1 aliphatic heterocycles. The van der Waals surface area contributed by atoms with Crippen LogP contribution in [0.25, 0.3) is 0 Å². The van der Waals surface area contributed by atoms with Crippen molar-refractivity contribution < 1.29 is 9.53 Å². The van der Waals surface area contributed by atoms with Gasteiger partial charge in [-0.2, -0.15) is 0 Å². The number of carbonyl (C=O) groups excluding carboxylic acids is 1. The van der Waals surface area contributed by atoms with E-state index in [1.807, 2.05) is 17.0 Å². The van der Waals surface area contributed by atoms with E-state index >= 15 is 0 Å². The first-order chi connectivity index (χ1) is 11.2. The number of benzene rings is 1. The highest BCUT2D eigenvalue weighted by atomic mass is 35.5. The fraction of sp³-hybridized carbons (Fsp3) is 0.632. The minimum absolute atomic E-state index is 0. The second-order valence-electron chi connectivity index (χ2n) is 6.81.